The van der Waals surface area contributed by atoms with Crippen molar-refractivity contribution in [3.8, 4) is 0 Å². The molecule has 0 rings (SSSR count). The molecule has 0 amide bonds. The van der Waals surface area contributed by atoms with Crippen LogP contribution >= 0.6 is 0 Å². The molecule has 5 heteroatoms. The van der Waals surface area contributed by atoms with Gasteiger partial charge < -0.3 is 5.11 Å². The number of aliphatic hydroxyl groups is 1. The van der Waals surface area contributed by atoms with Crippen LogP contribution in [0, 0.1) is 0 Å². The fraction of sp³-hybridized carbons (Fsp3) is 1.00. The quantitative estimate of drug-likeness (QED) is 0.473. The van der Waals surface area contributed by atoms with E-state index >= 15 is 0 Å². The summed E-state index contributed by atoms with van der Waals surface area (Å²) in [4.78, 5) is 0. The molecule has 0 aliphatic rings. The van der Waals surface area contributed by atoms with E-state index in [-0.39, 0.29) is 6.54 Å². The predicted molar refractivity (Wildman–Crippen MR) is 39.2 cm³/mol. The Balaban J connectivity index is 3.29. The summed E-state index contributed by atoms with van der Waals surface area (Å²) < 4.78 is 22.0. The lowest BCUT2D eigenvalue weighted by molar-refractivity contribution is 0.167. The van der Waals surface area contributed by atoms with Crippen molar-refractivity contribution in [2.45, 2.75) is 25.9 Å². The van der Waals surface area contributed by atoms with E-state index in [0.717, 1.165) is 6.42 Å². The highest BCUT2D eigenvalue weighted by Crippen LogP contribution is 1.92. The normalized spacial score (nSPS) is 13.9. The minimum atomic E-state index is -2.55. The van der Waals surface area contributed by atoms with Gasteiger partial charge in [0, 0.05) is 6.54 Å². The van der Waals surface area contributed by atoms with E-state index in [4.69, 9.17) is 5.11 Å². The van der Waals surface area contributed by atoms with Crippen molar-refractivity contribution in [2.24, 2.45) is 0 Å². The Morgan fingerprint density at radius 3 is 2.60 bits per heavy atom. The summed E-state index contributed by atoms with van der Waals surface area (Å²) in [6.45, 7) is 2.06. The molecular weight excluding hydrogens is 154 g/mol. The standard InChI is InChI=1S/C5H13NO3S/c1-2-3-5(7)4-6-10(8)9/h5,7,10H,2-4H2,1H3,(H,6,8,9). The van der Waals surface area contributed by atoms with E-state index in [0.29, 0.717) is 6.42 Å². The zero-order valence-corrected chi connectivity index (χ0v) is 6.80. The predicted octanol–water partition coefficient (Wildman–Crippen LogP) is -0.737. The van der Waals surface area contributed by atoms with Crippen molar-refractivity contribution < 1.29 is 13.5 Å². The minimum Gasteiger partial charge on any atom is -0.392 e. The third-order valence-corrected chi connectivity index (χ3v) is 1.52. The van der Waals surface area contributed by atoms with Crippen molar-refractivity contribution in [3.05, 3.63) is 0 Å². The van der Waals surface area contributed by atoms with E-state index in [1.165, 1.54) is 0 Å². The van der Waals surface area contributed by atoms with Gasteiger partial charge in [-0.2, -0.15) is 0 Å². The van der Waals surface area contributed by atoms with Crippen LogP contribution in [0.15, 0.2) is 0 Å². The van der Waals surface area contributed by atoms with Crippen LogP contribution in [0.1, 0.15) is 19.8 Å². The lowest BCUT2D eigenvalue weighted by Gasteiger charge is -2.05. The second kappa shape index (κ2) is 5.64. The zero-order valence-electron chi connectivity index (χ0n) is 5.91. The first kappa shape index (κ1) is 9.87. The van der Waals surface area contributed by atoms with E-state index in [2.05, 4.69) is 4.72 Å². The van der Waals surface area contributed by atoms with Gasteiger partial charge in [0.2, 0.25) is 10.9 Å². The molecule has 0 saturated heterocycles. The summed E-state index contributed by atoms with van der Waals surface area (Å²) in [7, 11) is -2.55. The third kappa shape index (κ3) is 6.00. The Morgan fingerprint density at radius 2 is 2.20 bits per heavy atom. The molecule has 4 nitrogen and oxygen atoms in total. The number of hydrogen-bond acceptors (Lipinski definition) is 3. The maximum absolute atomic E-state index is 9.92. The van der Waals surface area contributed by atoms with Crippen molar-refractivity contribution in [2.75, 3.05) is 6.54 Å². The highest BCUT2D eigenvalue weighted by molar-refractivity contribution is 7.70. The summed E-state index contributed by atoms with van der Waals surface area (Å²) in [6, 6.07) is 0. The van der Waals surface area contributed by atoms with Gasteiger partial charge >= 0.3 is 0 Å². The fourth-order valence-corrected chi connectivity index (χ4v) is 0.975. The molecule has 0 aromatic carbocycles. The molecule has 0 aromatic rings. The summed E-state index contributed by atoms with van der Waals surface area (Å²) in [5.41, 5.74) is 0. The molecule has 1 atom stereocenters. The molecule has 62 valence electrons. The lowest BCUT2D eigenvalue weighted by atomic mass is 10.2. The molecule has 0 heterocycles. The minimum absolute atomic E-state index is 0.131. The van der Waals surface area contributed by atoms with Gasteiger partial charge in [-0.05, 0) is 6.42 Å². The van der Waals surface area contributed by atoms with Crippen molar-refractivity contribution in [1.29, 1.82) is 0 Å². The van der Waals surface area contributed by atoms with Gasteiger partial charge in [0.15, 0.2) is 0 Å². The van der Waals surface area contributed by atoms with Crippen molar-refractivity contribution >= 4 is 10.9 Å². The summed E-state index contributed by atoms with van der Waals surface area (Å²) >= 11 is 0. The lowest BCUT2D eigenvalue weighted by Crippen LogP contribution is -2.25. The van der Waals surface area contributed by atoms with Gasteiger partial charge in [0.1, 0.15) is 0 Å². The highest BCUT2D eigenvalue weighted by Gasteiger charge is 2.00. The van der Waals surface area contributed by atoms with Crippen LogP contribution in [0.4, 0.5) is 0 Å². The van der Waals surface area contributed by atoms with Crippen LogP contribution in [-0.2, 0) is 10.9 Å². The monoisotopic (exact) mass is 167 g/mol. The smallest absolute Gasteiger partial charge is 0.201 e. The highest BCUT2D eigenvalue weighted by atomic mass is 32.2. The number of thiol groups is 1. The van der Waals surface area contributed by atoms with Gasteiger partial charge in [-0.3, -0.25) is 0 Å². The molecule has 0 radical (unpaired) electrons. The van der Waals surface area contributed by atoms with Crippen LogP contribution in [0.3, 0.4) is 0 Å². The average molecular weight is 167 g/mol. The number of nitrogens with one attached hydrogen (secondary N) is 1. The molecule has 0 bridgehead atoms. The second-order valence-corrected chi connectivity index (χ2v) is 2.89. The maximum Gasteiger partial charge on any atom is 0.201 e. The Hall–Kier alpha value is -0.130. The Morgan fingerprint density at radius 1 is 1.60 bits per heavy atom. The van der Waals surface area contributed by atoms with E-state index < -0.39 is 17.0 Å². The van der Waals surface area contributed by atoms with Crippen LogP contribution in [0.5, 0.6) is 0 Å². The number of hydrogen-bond donors (Lipinski definition) is 3. The van der Waals surface area contributed by atoms with Crippen LogP contribution in [0.2, 0.25) is 0 Å². The number of aliphatic hydroxyl groups excluding tert-OH is 1. The van der Waals surface area contributed by atoms with Crippen LogP contribution < -0.4 is 4.72 Å². The van der Waals surface area contributed by atoms with Gasteiger partial charge in [-0.25, -0.2) is 13.1 Å². The second-order valence-electron chi connectivity index (χ2n) is 2.06. The molecular formula is C5H13NO3S. The maximum atomic E-state index is 9.92. The Bertz CT molecular complexity index is 138. The largest absolute Gasteiger partial charge is 0.392 e. The Labute approximate surface area is 62.3 Å². The molecule has 10 heavy (non-hydrogen) atoms. The molecule has 0 spiro atoms. The Kier molecular flexibility index (Phi) is 5.57. The van der Waals surface area contributed by atoms with E-state index in [1.807, 2.05) is 6.92 Å². The van der Waals surface area contributed by atoms with Gasteiger partial charge in [0.25, 0.3) is 0 Å². The molecule has 0 fully saturated rings. The number of rotatable bonds is 5. The van der Waals surface area contributed by atoms with E-state index in [1.54, 1.807) is 0 Å². The fourth-order valence-electron chi connectivity index (χ4n) is 0.615. The SMILES string of the molecule is CCCC(O)CN[SH](=O)=O. The van der Waals surface area contributed by atoms with Gasteiger partial charge in [-0.1, -0.05) is 13.3 Å². The first-order valence-corrected chi connectivity index (χ1v) is 4.40. The zero-order chi connectivity index (χ0) is 7.98. The van der Waals surface area contributed by atoms with Crippen molar-refractivity contribution in [3.63, 3.8) is 0 Å². The first-order chi connectivity index (χ1) is 4.66. The molecule has 2 N–H and O–H groups in total. The summed E-state index contributed by atoms with van der Waals surface area (Å²) in [6.07, 6.45) is 0.951. The van der Waals surface area contributed by atoms with Crippen LogP contribution in [0.25, 0.3) is 0 Å². The first-order valence-electron chi connectivity index (χ1n) is 3.22. The van der Waals surface area contributed by atoms with Crippen LogP contribution in [-0.4, -0.2) is 26.2 Å². The third-order valence-electron chi connectivity index (χ3n) is 1.08. The topological polar surface area (TPSA) is 66.4 Å². The van der Waals surface area contributed by atoms with Gasteiger partial charge in [0.05, 0.1) is 6.10 Å². The van der Waals surface area contributed by atoms with Gasteiger partial charge in [-0.15, -0.1) is 0 Å². The molecule has 0 aliphatic heterocycles. The molecule has 0 aliphatic carbocycles. The molecule has 1 unspecified atom stereocenters. The molecule has 0 aromatic heterocycles. The van der Waals surface area contributed by atoms with E-state index in [9.17, 15) is 8.42 Å². The summed E-state index contributed by atoms with van der Waals surface area (Å²) in [5, 5.41) is 8.97. The average Bonchev–Trinajstić information content (AvgIpc) is 1.85. The molecule has 0 saturated carbocycles. The van der Waals surface area contributed by atoms with Crippen molar-refractivity contribution in [1.82, 2.24) is 4.72 Å². The summed E-state index contributed by atoms with van der Waals surface area (Å²) in [5.74, 6) is 0.